The monoisotopic (exact) mass is 569 g/mol. The summed E-state index contributed by atoms with van der Waals surface area (Å²) in [5.41, 5.74) is -8.76. The van der Waals surface area contributed by atoms with Crippen molar-refractivity contribution in [1.82, 2.24) is 4.13 Å². The van der Waals surface area contributed by atoms with Crippen molar-refractivity contribution >= 4 is 20.0 Å². The quantitative estimate of drug-likeness (QED) is 0.499. The van der Waals surface area contributed by atoms with E-state index in [0.29, 0.717) is 4.13 Å². The van der Waals surface area contributed by atoms with Gasteiger partial charge >= 0.3 is 24.7 Å². The molecule has 5 nitrogen and oxygen atoms in total. The third kappa shape index (κ3) is 6.78. The largest absolute Gasteiger partial charge is 0.416 e. The van der Waals surface area contributed by atoms with Gasteiger partial charge in [0.15, 0.2) is 0 Å². The van der Waals surface area contributed by atoms with Gasteiger partial charge in [-0.2, -0.15) is 52.7 Å². The highest BCUT2D eigenvalue weighted by molar-refractivity contribution is 8.04. The van der Waals surface area contributed by atoms with Crippen molar-refractivity contribution in [2.45, 2.75) is 34.5 Å². The fourth-order valence-electron chi connectivity index (χ4n) is 2.40. The zero-order valence-electron chi connectivity index (χ0n) is 15.9. The lowest BCUT2D eigenvalue weighted by Crippen LogP contribution is -2.31. The van der Waals surface area contributed by atoms with Crippen molar-refractivity contribution in [3.05, 3.63) is 58.7 Å². The third-order valence-corrected chi connectivity index (χ3v) is 7.43. The zero-order valence-corrected chi connectivity index (χ0v) is 17.6. The summed E-state index contributed by atoms with van der Waals surface area (Å²) in [4.78, 5) is -3.88. The molecule has 0 aliphatic carbocycles. The molecule has 19 heteroatoms. The Morgan fingerprint density at radius 1 is 0.429 bits per heavy atom. The van der Waals surface area contributed by atoms with Gasteiger partial charge in [-0.1, -0.05) is 0 Å². The lowest BCUT2D eigenvalue weighted by Gasteiger charge is -2.16. The van der Waals surface area contributed by atoms with E-state index in [1.165, 1.54) is 0 Å². The van der Waals surface area contributed by atoms with Crippen LogP contribution in [0, 0.1) is 0 Å². The highest BCUT2D eigenvalue weighted by Gasteiger charge is 2.41. The lowest BCUT2D eigenvalue weighted by atomic mass is 10.1. The molecule has 2 rings (SSSR count). The first-order chi connectivity index (χ1) is 15.3. The lowest BCUT2D eigenvalue weighted by molar-refractivity contribution is -0.145. The molecule has 0 aromatic heterocycles. The van der Waals surface area contributed by atoms with Crippen molar-refractivity contribution in [2.75, 3.05) is 0 Å². The fraction of sp³-hybridized carbons (Fsp3) is 0.250. The van der Waals surface area contributed by atoms with Crippen LogP contribution in [0.3, 0.4) is 0 Å². The Labute approximate surface area is 187 Å². The van der Waals surface area contributed by atoms with Crippen molar-refractivity contribution < 1.29 is 69.5 Å². The molecule has 0 atom stereocenters. The van der Waals surface area contributed by atoms with E-state index in [4.69, 9.17) is 0 Å². The Bertz CT molecular complexity index is 1170. The number of hydrogen-bond acceptors (Lipinski definition) is 4. The molecule has 0 bridgehead atoms. The molecule has 1 N–H and O–H groups in total. The van der Waals surface area contributed by atoms with E-state index in [9.17, 15) is 69.5 Å². The predicted octanol–water partition coefficient (Wildman–Crippen LogP) is 5.43. The Morgan fingerprint density at radius 3 is 0.800 bits per heavy atom. The molecule has 0 saturated carbocycles. The summed E-state index contributed by atoms with van der Waals surface area (Å²) in [5.74, 6) is 0. The molecular weight excluding hydrogens is 562 g/mol. The molecule has 0 unspecified atom stereocenters. The second kappa shape index (κ2) is 8.54. The number of alkyl halides is 12. The summed E-state index contributed by atoms with van der Waals surface area (Å²) >= 11 is 0. The third-order valence-electron chi connectivity index (χ3n) is 3.96. The molecule has 0 heterocycles. The van der Waals surface area contributed by atoms with Gasteiger partial charge < -0.3 is 0 Å². The van der Waals surface area contributed by atoms with Gasteiger partial charge in [0.1, 0.15) is 0 Å². The van der Waals surface area contributed by atoms with Crippen LogP contribution in [0.4, 0.5) is 52.7 Å². The second-order valence-electron chi connectivity index (χ2n) is 6.57. The first kappa shape index (κ1) is 28.7. The van der Waals surface area contributed by atoms with E-state index in [0.717, 1.165) is 0 Å². The minimum atomic E-state index is -5.93. The Morgan fingerprint density at radius 2 is 0.629 bits per heavy atom. The Hall–Kier alpha value is -2.54. The van der Waals surface area contributed by atoms with Gasteiger partial charge in [0.05, 0.1) is 32.0 Å². The summed E-state index contributed by atoms with van der Waals surface area (Å²) in [6.07, 6.45) is -22.2. The van der Waals surface area contributed by atoms with Crippen LogP contribution in [0.5, 0.6) is 0 Å². The molecule has 0 fully saturated rings. The predicted molar refractivity (Wildman–Crippen MR) is 90.4 cm³/mol. The molecule has 0 saturated heterocycles. The van der Waals surface area contributed by atoms with Gasteiger partial charge in [-0.25, -0.2) is 16.8 Å². The van der Waals surface area contributed by atoms with Crippen LogP contribution in [-0.2, 0) is 44.8 Å². The van der Waals surface area contributed by atoms with Crippen LogP contribution in [-0.4, -0.2) is 16.8 Å². The van der Waals surface area contributed by atoms with Gasteiger partial charge in [-0.05, 0) is 36.4 Å². The van der Waals surface area contributed by atoms with Crippen molar-refractivity contribution in [3.8, 4) is 0 Å². The van der Waals surface area contributed by atoms with Gasteiger partial charge in [-0.15, -0.1) is 4.13 Å². The van der Waals surface area contributed by atoms with E-state index in [1.807, 2.05) is 0 Å². The van der Waals surface area contributed by atoms with Crippen molar-refractivity contribution in [1.29, 1.82) is 0 Å². The SMILES string of the molecule is O=S(=O)(NS(=O)(=O)c1cc(C(F)(F)F)cc(C(F)(F)F)c1)c1cc(C(F)(F)F)cc(C(F)(F)F)c1. The summed E-state index contributed by atoms with van der Waals surface area (Å²) < 4.78 is 205. The van der Waals surface area contributed by atoms with Crippen LogP contribution in [0.15, 0.2) is 46.2 Å². The Balaban J connectivity index is 2.70. The summed E-state index contributed by atoms with van der Waals surface area (Å²) in [5, 5.41) is 0. The molecule has 0 spiro atoms. The molecule has 35 heavy (non-hydrogen) atoms. The first-order valence-corrected chi connectivity index (χ1v) is 11.2. The smallest absolute Gasteiger partial charge is 0.206 e. The molecule has 0 amide bonds. The van der Waals surface area contributed by atoms with Crippen molar-refractivity contribution in [3.63, 3.8) is 0 Å². The average molecular weight is 569 g/mol. The molecular formula is C16H7F12NO4S2. The fourth-order valence-corrected chi connectivity index (χ4v) is 5.46. The van der Waals surface area contributed by atoms with E-state index in [1.54, 1.807) is 0 Å². The molecule has 196 valence electrons. The summed E-state index contributed by atoms with van der Waals surface area (Å²) in [7, 11) is -11.9. The van der Waals surface area contributed by atoms with E-state index >= 15 is 0 Å². The Kier molecular flexibility index (Phi) is 7.00. The number of benzene rings is 2. The second-order valence-corrected chi connectivity index (χ2v) is 10.2. The molecule has 2 aromatic carbocycles. The summed E-state index contributed by atoms with van der Waals surface area (Å²) in [6.45, 7) is 0. The van der Waals surface area contributed by atoms with Crippen LogP contribution in [0.1, 0.15) is 22.3 Å². The van der Waals surface area contributed by atoms with Crippen LogP contribution < -0.4 is 4.13 Å². The molecule has 0 aliphatic rings. The minimum Gasteiger partial charge on any atom is -0.206 e. The highest BCUT2D eigenvalue weighted by Crippen LogP contribution is 2.39. The number of hydrogen-bond donors (Lipinski definition) is 1. The minimum absolute atomic E-state index is 0.416. The number of halogens is 12. The van der Waals surface area contributed by atoms with Crippen LogP contribution in [0.25, 0.3) is 0 Å². The maximum Gasteiger partial charge on any atom is 0.416 e. The zero-order chi connectivity index (χ0) is 27.4. The average Bonchev–Trinajstić information content (AvgIpc) is 2.63. The molecule has 2 aromatic rings. The topological polar surface area (TPSA) is 80.3 Å². The summed E-state index contributed by atoms with van der Waals surface area (Å²) in [6, 6.07) is -2.67. The maximum atomic E-state index is 12.9. The standard InChI is InChI=1S/C16H7F12NO4S2/c17-13(18,19)7-1-8(14(20,21)22)4-11(3-7)34(30,31)29-35(32,33)12-5-9(15(23,24)25)2-10(6-12)16(26,27)28/h1-6,29H. The normalized spacial score (nSPS) is 14.3. The van der Waals surface area contributed by atoms with Gasteiger partial charge in [0, 0.05) is 0 Å². The van der Waals surface area contributed by atoms with Gasteiger partial charge in [-0.3, -0.25) is 0 Å². The highest BCUT2D eigenvalue weighted by atomic mass is 32.3. The maximum absolute atomic E-state index is 12.9. The van der Waals surface area contributed by atoms with Gasteiger partial charge in [0.2, 0.25) is 0 Å². The number of rotatable bonds is 4. The molecule has 0 aliphatic heterocycles. The van der Waals surface area contributed by atoms with E-state index in [2.05, 4.69) is 0 Å². The van der Waals surface area contributed by atoms with Crippen LogP contribution in [0.2, 0.25) is 0 Å². The van der Waals surface area contributed by atoms with Gasteiger partial charge in [0.25, 0.3) is 20.0 Å². The van der Waals surface area contributed by atoms with Crippen LogP contribution >= 0.6 is 0 Å². The number of nitrogens with one attached hydrogen (secondary N) is 1. The van der Waals surface area contributed by atoms with Crippen molar-refractivity contribution in [2.24, 2.45) is 0 Å². The van der Waals surface area contributed by atoms with E-state index in [-0.39, 0.29) is 0 Å². The first-order valence-electron chi connectivity index (χ1n) is 8.22. The van der Waals surface area contributed by atoms with E-state index < -0.39 is 113 Å². The number of sulfonamides is 2. The molecule has 0 radical (unpaired) electrons.